The van der Waals surface area contributed by atoms with Crippen LogP contribution >= 0.6 is 11.7 Å². The maximum atomic E-state index is 13.5. The molecule has 0 bridgehead atoms. The SMILES string of the molecule is COc1cccc(C/C(C(=O)c2ccc(C)cc2)=C(\C(=O)[O-])c2ccc3nsnc3c2)c1.[Na+]. The minimum Gasteiger partial charge on any atom is -0.545 e. The fourth-order valence-electron chi connectivity index (χ4n) is 3.50. The third-order valence-electron chi connectivity index (χ3n) is 5.15. The van der Waals surface area contributed by atoms with E-state index in [1.165, 1.54) is 0 Å². The third kappa shape index (κ3) is 5.57. The van der Waals surface area contributed by atoms with Crippen molar-refractivity contribution < 1.29 is 49.0 Å². The van der Waals surface area contributed by atoms with Crippen LogP contribution in [0.3, 0.4) is 0 Å². The Labute approximate surface area is 217 Å². The van der Waals surface area contributed by atoms with Crippen molar-refractivity contribution in [2.45, 2.75) is 13.3 Å². The molecule has 0 aliphatic carbocycles. The number of nitrogens with zero attached hydrogens (tertiary/aromatic N) is 2. The van der Waals surface area contributed by atoms with Gasteiger partial charge in [0, 0.05) is 23.1 Å². The number of rotatable bonds is 7. The van der Waals surface area contributed by atoms with Crippen LogP contribution in [0.15, 0.2) is 72.3 Å². The Morgan fingerprint density at radius 1 is 0.939 bits per heavy atom. The van der Waals surface area contributed by atoms with Gasteiger partial charge >= 0.3 is 29.6 Å². The molecule has 0 atom stereocenters. The molecule has 0 spiro atoms. The van der Waals surface area contributed by atoms with Crippen molar-refractivity contribution in [3.05, 3.63) is 94.6 Å². The summed E-state index contributed by atoms with van der Waals surface area (Å²) in [6.07, 6.45) is 0.0978. The van der Waals surface area contributed by atoms with Gasteiger partial charge in [0.1, 0.15) is 16.8 Å². The molecule has 0 radical (unpaired) electrons. The van der Waals surface area contributed by atoms with Gasteiger partial charge in [0.15, 0.2) is 5.78 Å². The van der Waals surface area contributed by atoms with Crippen molar-refractivity contribution in [1.82, 2.24) is 8.75 Å². The Balaban J connectivity index is 0.00000306. The van der Waals surface area contributed by atoms with Gasteiger partial charge in [-0.25, -0.2) is 0 Å². The number of ketones is 1. The molecule has 0 fully saturated rings. The fourth-order valence-corrected chi connectivity index (χ4v) is 4.02. The maximum absolute atomic E-state index is 13.5. The molecular weight excluding hydrogens is 447 g/mol. The van der Waals surface area contributed by atoms with Crippen molar-refractivity contribution >= 4 is 40.1 Å². The number of methoxy groups -OCH3 is 1. The number of benzene rings is 3. The molecule has 4 aromatic rings. The van der Waals surface area contributed by atoms with E-state index in [1.54, 1.807) is 55.6 Å². The molecule has 0 saturated heterocycles. The second kappa shape index (κ2) is 10.9. The van der Waals surface area contributed by atoms with E-state index in [-0.39, 0.29) is 52.9 Å². The van der Waals surface area contributed by atoms with Crippen LogP contribution in [-0.4, -0.2) is 27.6 Å². The normalized spacial score (nSPS) is 11.5. The van der Waals surface area contributed by atoms with Crippen LogP contribution in [0.1, 0.15) is 27.0 Å². The molecule has 0 aliphatic rings. The number of carbonyl (C=O) groups is 2. The standard InChI is InChI=1S/C25H20N2O4S.Na/c1-15-6-8-17(9-7-15)24(28)20(13-16-4-3-5-19(12-16)31-2)23(25(29)30)18-10-11-21-22(14-18)27-32-26-21;/h3-12,14H,13H2,1-2H3,(H,29,30);/q;+1/p-1/b23-20+;. The van der Waals surface area contributed by atoms with Crippen LogP contribution in [0, 0.1) is 6.92 Å². The summed E-state index contributed by atoms with van der Waals surface area (Å²) in [6.45, 7) is 1.92. The van der Waals surface area contributed by atoms with Gasteiger partial charge in [0.25, 0.3) is 0 Å². The number of aromatic nitrogens is 2. The molecular formula is C25H19N2NaO4S. The monoisotopic (exact) mass is 466 g/mol. The van der Waals surface area contributed by atoms with Crippen molar-refractivity contribution in [3.63, 3.8) is 0 Å². The number of carbonyl (C=O) groups excluding carboxylic acids is 2. The molecule has 4 rings (SSSR count). The van der Waals surface area contributed by atoms with Crippen molar-refractivity contribution in [2.24, 2.45) is 0 Å². The molecule has 0 unspecified atom stereocenters. The Bertz CT molecular complexity index is 1350. The largest absolute Gasteiger partial charge is 1.00 e. The average Bonchev–Trinajstić information content (AvgIpc) is 3.26. The van der Waals surface area contributed by atoms with Crippen LogP contribution < -0.4 is 39.4 Å². The van der Waals surface area contributed by atoms with E-state index in [1.807, 2.05) is 25.1 Å². The number of carboxylic acid groups (broad SMARTS) is 1. The number of aliphatic carboxylic acids is 1. The molecule has 3 aromatic carbocycles. The van der Waals surface area contributed by atoms with E-state index in [9.17, 15) is 14.7 Å². The first-order chi connectivity index (χ1) is 15.5. The van der Waals surface area contributed by atoms with E-state index >= 15 is 0 Å². The Morgan fingerprint density at radius 2 is 1.64 bits per heavy atom. The summed E-state index contributed by atoms with van der Waals surface area (Å²) >= 11 is 1.04. The van der Waals surface area contributed by atoms with Crippen LogP contribution in [0.5, 0.6) is 5.75 Å². The average molecular weight is 466 g/mol. The minimum atomic E-state index is -1.43. The summed E-state index contributed by atoms with van der Waals surface area (Å²) in [7, 11) is 1.55. The Morgan fingerprint density at radius 3 is 2.33 bits per heavy atom. The second-order valence-corrected chi connectivity index (χ2v) is 7.86. The van der Waals surface area contributed by atoms with Gasteiger partial charge in [-0.3, -0.25) is 4.79 Å². The molecule has 0 aliphatic heterocycles. The first-order valence-electron chi connectivity index (χ1n) is 9.87. The zero-order chi connectivity index (χ0) is 22.7. The number of allylic oxidation sites excluding steroid dienone is 1. The van der Waals surface area contributed by atoms with Crippen molar-refractivity contribution in [2.75, 3.05) is 7.11 Å². The van der Waals surface area contributed by atoms with Gasteiger partial charge < -0.3 is 14.6 Å². The number of aryl methyl sites for hydroxylation is 1. The molecule has 0 N–H and O–H groups in total. The van der Waals surface area contributed by atoms with Gasteiger partial charge in [-0.2, -0.15) is 8.75 Å². The van der Waals surface area contributed by atoms with Crippen LogP contribution in [-0.2, 0) is 11.2 Å². The molecule has 1 heterocycles. The van der Waals surface area contributed by atoms with E-state index < -0.39 is 5.97 Å². The molecule has 160 valence electrons. The molecule has 0 saturated carbocycles. The van der Waals surface area contributed by atoms with Crippen LogP contribution in [0.4, 0.5) is 0 Å². The van der Waals surface area contributed by atoms with Gasteiger partial charge in [-0.1, -0.05) is 48.0 Å². The number of hydrogen-bond acceptors (Lipinski definition) is 7. The number of ether oxygens (including phenoxy) is 1. The molecule has 0 amide bonds. The maximum Gasteiger partial charge on any atom is 1.00 e. The second-order valence-electron chi connectivity index (χ2n) is 7.33. The van der Waals surface area contributed by atoms with E-state index in [2.05, 4.69) is 8.75 Å². The van der Waals surface area contributed by atoms with Crippen LogP contribution in [0.25, 0.3) is 16.6 Å². The zero-order valence-electron chi connectivity index (χ0n) is 18.5. The Kier molecular flexibility index (Phi) is 8.15. The molecule has 8 heteroatoms. The molecule has 33 heavy (non-hydrogen) atoms. The first kappa shape index (κ1) is 24.8. The predicted molar refractivity (Wildman–Crippen MR) is 122 cm³/mol. The van der Waals surface area contributed by atoms with E-state index in [0.717, 1.165) is 22.9 Å². The number of fused-ring (bicyclic) bond motifs is 1. The Hall–Kier alpha value is -2.84. The summed E-state index contributed by atoms with van der Waals surface area (Å²) in [5.74, 6) is -1.18. The summed E-state index contributed by atoms with van der Waals surface area (Å²) in [4.78, 5) is 25.9. The van der Waals surface area contributed by atoms with Crippen molar-refractivity contribution in [1.29, 1.82) is 0 Å². The van der Waals surface area contributed by atoms with Gasteiger partial charge in [-0.05, 0) is 42.3 Å². The summed E-state index contributed by atoms with van der Waals surface area (Å²) < 4.78 is 13.6. The van der Waals surface area contributed by atoms with E-state index in [0.29, 0.717) is 27.9 Å². The number of hydrogen-bond donors (Lipinski definition) is 0. The van der Waals surface area contributed by atoms with Gasteiger partial charge in [0.2, 0.25) is 0 Å². The molecule has 6 nitrogen and oxygen atoms in total. The zero-order valence-corrected chi connectivity index (χ0v) is 21.3. The van der Waals surface area contributed by atoms with E-state index in [4.69, 9.17) is 4.74 Å². The van der Waals surface area contributed by atoms with Gasteiger partial charge in [-0.15, -0.1) is 0 Å². The van der Waals surface area contributed by atoms with Crippen molar-refractivity contribution in [3.8, 4) is 5.75 Å². The summed E-state index contributed by atoms with van der Waals surface area (Å²) in [5.41, 5.74) is 3.70. The summed E-state index contributed by atoms with van der Waals surface area (Å²) in [6, 6.07) is 19.2. The number of Topliss-reactive ketones (excluding diaryl/α,β-unsaturated/α-hetero) is 1. The topological polar surface area (TPSA) is 92.2 Å². The first-order valence-corrected chi connectivity index (χ1v) is 10.6. The minimum absolute atomic E-state index is 0. The smallest absolute Gasteiger partial charge is 0.545 e. The van der Waals surface area contributed by atoms with Crippen LogP contribution in [0.2, 0.25) is 0 Å². The fraction of sp³-hybridized carbons (Fsp3) is 0.120. The third-order valence-corrected chi connectivity index (χ3v) is 5.71. The quantitative estimate of drug-likeness (QED) is 0.226. The number of carboxylic acids is 1. The summed E-state index contributed by atoms with van der Waals surface area (Å²) in [5, 5.41) is 12.3. The molecule has 1 aromatic heterocycles. The van der Waals surface area contributed by atoms with Gasteiger partial charge in [0.05, 0.1) is 24.8 Å². The predicted octanol–water partition coefficient (Wildman–Crippen LogP) is 0.641.